The van der Waals surface area contributed by atoms with Gasteiger partial charge in [-0.1, -0.05) is 60.7 Å². The molecule has 0 saturated heterocycles. The molecule has 2 rings (SSSR count). The van der Waals surface area contributed by atoms with Crippen LogP contribution in [0.25, 0.3) is 12.2 Å². The second-order valence-corrected chi connectivity index (χ2v) is 4.53. The van der Waals surface area contributed by atoms with Crippen LogP contribution in [0.5, 0.6) is 11.5 Å². The lowest BCUT2D eigenvalue weighted by atomic mass is 10.2. The fourth-order valence-electron chi connectivity index (χ4n) is 1.98. The third-order valence-electron chi connectivity index (χ3n) is 2.92. The molecule has 0 saturated carbocycles. The molecule has 0 aliphatic heterocycles. The summed E-state index contributed by atoms with van der Waals surface area (Å²) in [5.41, 5.74) is 1.65. The average molecular weight is 294 g/mol. The van der Waals surface area contributed by atoms with E-state index in [2.05, 4.69) is 0 Å². The fraction of sp³-hybridized carbons (Fsp3) is 0.105. The Labute approximate surface area is 130 Å². The zero-order valence-corrected chi connectivity index (χ0v) is 12.7. The van der Waals surface area contributed by atoms with Crippen molar-refractivity contribution >= 4 is 18.3 Å². The summed E-state index contributed by atoms with van der Waals surface area (Å²) >= 11 is 0. The first-order valence-corrected chi connectivity index (χ1v) is 7.07. The van der Waals surface area contributed by atoms with Gasteiger partial charge in [0.05, 0.1) is 0 Å². The third-order valence-corrected chi connectivity index (χ3v) is 2.92. The van der Waals surface area contributed by atoms with Crippen LogP contribution in [0.15, 0.2) is 60.7 Å². The molecule has 3 nitrogen and oxygen atoms in total. The van der Waals surface area contributed by atoms with Crippen LogP contribution >= 0.6 is 0 Å². The van der Waals surface area contributed by atoms with Crippen molar-refractivity contribution in [3.8, 4) is 11.5 Å². The summed E-state index contributed by atoms with van der Waals surface area (Å²) in [5, 5.41) is 0. The lowest BCUT2D eigenvalue weighted by Crippen LogP contribution is -2.14. The first kappa shape index (κ1) is 15.6. The van der Waals surface area contributed by atoms with E-state index in [-0.39, 0.29) is 0 Å². The SMILES string of the molecule is CC=Cc1ccccc1OC(=O)Oc1ccccc1C=CC. The Hall–Kier alpha value is -2.81. The molecule has 0 amide bonds. The van der Waals surface area contributed by atoms with Crippen molar-refractivity contribution in [2.75, 3.05) is 0 Å². The normalized spacial score (nSPS) is 11.0. The van der Waals surface area contributed by atoms with E-state index in [1.807, 2.05) is 74.5 Å². The van der Waals surface area contributed by atoms with Crippen LogP contribution in [0.4, 0.5) is 4.79 Å². The van der Waals surface area contributed by atoms with E-state index in [0.717, 1.165) is 11.1 Å². The first-order chi connectivity index (χ1) is 10.7. The summed E-state index contributed by atoms with van der Waals surface area (Å²) in [5.74, 6) is 0.934. The maximum atomic E-state index is 12.0. The third kappa shape index (κ3) is 4.09. The van der Waals surface area contributed by atoms with Crippen LogP contribution in [-0.2, 0) is 0 Å². The molecule has 3 heteroatoms. The number of benzene rings is 2. The van der Waals surface area contributed by atoms with Crippen LogP contribution in [0.2, 0.25) is 0 Å². The molecular formula is C19H18O3. The smallest absolute Gasteiger partial charge is 0.394 e. The Morgan fingerprint density at radius 2 is 1.18 bits per heavy atom. The predicted molar refractivity (Wildman–Crippen MR) is 89.0 cm³/mol. The van der Waals surface area contributed by atoms with Crippen molar-refractivity contribution in [2.45, 2.75) is 13.8 Å². The van der Waals surface area contributed by atoms with Gasteiger partial charge >= 0.3 is 6.16 Å². The minimum absolute atomic E-state index is 0.467. The molecule has 0 unspecified atom stereocenters. The first-order valence-electron chi connectivity index (χ1n) is 7.07. The van der Waals surface area contributed by atoms with Gasteiger partial charge in [-0.05, 0) is 26.0 Å². The summed E-state index contributed by atoms with van der Waals surface area (Å²) in [6.07, 6.45) is 6.75. The van der Waals surface area contributed by atoms with Gasteiger partial charge in [0.25, 0.3) is 0 Å². The summed E-state index contributed by atoms with van der Waals surface area (Å²) in [6.45, 7) is 3.81. The molecule has 0 aliphatic carbocycles. The number of carbonyl (C=O) groups excluding carboxylic acids is 1. The lowest BCUT2D eigenvalue weighted by molar-refractivity contribution is 0.151. The minimum Gasteiger partial charge on any atom is -0.394 e. The maximum absolute atomic E-state index is 12.0. The van der Waals surface area contributed by atoms with Gasteiger partial charge in [0.1, 0.15) is 11.5 Å². The van der Waals surface area contributed by atoms with Crippen molar-refractivity contribution in [3.05, 3.63) is 71.8 Å². The molecule has 0 aliphatic rings. The van der Waals surface area contributed by atoms with Crippen molar-refractivity contribution < 1.29 is 14.3 Å². The number of allylic oxidation sites excluding steroid dienone is 2. The van der Waals surface area contributed by atoms with E-state index >= 15 is 0 Å². The van der Waals surface area contributed by atoms with E-state index in [1.165, 1.54) is 0 Å². The van der Waals surface area contributed by atoms with Gasteiger partial charge in [0.2, 0.25) is 0 Å². The highest BCUT2D eigenvalue weighted by atomic mass is 16.7. The van der Waals surface area contributed by atoms with Gasteiger partial charge in [-0.3, -0.25) is 0 Å². The molecule has 0 radical (unpaired) electrons. The molecule has 0 spiro atoms. The largest absolute Gasteiger partial charge is 0.519 e. The number of hydrogen-bond acceptors (Lipinski definition) is 3. The summed E-state index contributed by atoms with van der Waals surface area (Å²) < 4.78 is 10.6. The van der Waals surface area contributed by atoms with Crippen molar-refractivity contribution in [3.63, 3.8) is 0 Å². The fourth-order valence-corrected chi connectivity index (χ4v) is 1.98. The zero-order valence-electron chi connectivity index (χ0n) is 12.7. The zero-order chi connectivity index (χ0) is 15.8. The average Bonchev–Trinajstić information content (AvgIpc) is 2.52. The number of ether oxygens (including phenoxy) is 2. The van der Waals surface area contributed by atoms with Gasteiger partial charge in [-0.2, -0.15) is 0 Å². The quantitative estimate of drug-likeness (QED) is 0.564. The van der Waals surface area contributed by atoms with E-state index in [0.29, 0.717) is 11.5 Å². The summed E-state index contributed by atoms with van der Waals surface area (Å²) in [6, 6.07) is 14.6. The van der Waals surface area contributed by atoms with Gasteiger partial charge in [0, 0.05) is 11.1 Å². The Kier molecular flexibility index (Phi) is 5.55. The topological polar surface area (TPSA) is 35.5 Å². The molecule has 0 N–H and O–H groups in total. The molecular weight excluding hydrogens is 276 g/mol. The van der Waals surface area contributed by atoms with Gasteiger partial charge < -0.3 is 9.47 Å². The second kappa shape index (κ2) is 7.84. The summed E-state index contributed by atoms with van der Waals surface area (Å²) in [7, 11) is 0. The van der Waals surface area contributed by atoms with Crippen molar-refractivity contribution in [2.24, 2.45) is 0 Å². The van der Waals surface area contributed by atoms with Crippen LogP contribution in [-0.4, -0.2) is 6.16 Å². The monoisotopic (exact) mass is 294 g/mol. The minimum atomic E-state index is -0.756. The predicted octanol–water partition coefficient (Wildman–Crippen LogP) is 5.33. The van der Waals surface area contributed by atoms with E-state index in [1.54, 1.807) is 12.1 Å². The van der Waals surface area contributed by atoms with Gasteiger partial charge in [0.15, 0.2) is 0 Å². The highest BCUT2D eigenvalue weighted by Crippen LogP contribution is 2.23. The molecule has 2 aromatic rings. The van der Waals surface area contributed by atoms with E-state index < -0.39 is 6.16 Å². The van der Waals surface area contributed by atoms with Crippen LogP contribution < -0.4 is 9.47 Å². The number of rotatable bonds is 4. The maximum Gasteiger partial charge on any atom is 0.519 e. The molecule has 0 aromatic heterocycles. The molecule has 2 aromatic carbocycles. The number of hydrogen-bond donors (Lipinski definition) is 0. The van der Waals surface area contributed by atoms with Gasteiger partial charge in [-0.25, -0.2) is 4.79 Å². The Morgan fingerprint density at radius 3 is 1.59 bits per heavy atom. The molecule has 112 valence electrons. The van der Waals surface area contributed by atoms with E-state index in [4.69, 9.17) is 9.47 Å². The second-order valence-electron chi connectivity index (χ2n) is 4.53. The highest BCUT2D eigenvalue weighted by Gasteiger charge is 2.11. The number of para-hydroxylation sites is 2. The Bertz CT molecular complexity index is 640. The van der Waals surface area contributed by atoms with Crippen LogP contribution in [0.3, 0.4) is 0 Å². The van der Waals surface area contributed by atoms with Crippen molar-refractivity contribution in [1.29, 1.82) is 0 Å². The van der Waals surface area contributed by atoms with Crippen LogP contribution in [0, 0.1) is 0 Å². The number of carbonyl (C=O) groups is 1. The van der Waals surface area contributed by atoms with Crippen LogP contribution in [0.1, 0.15) is 25.0 Å². The Balaban J connectivity index is 2.14. The Morgan fingerprint density at radius 1 is 0.773 bits per heavy atom. The van der Waals surface area contributed by atoms with Gasteiger partial charge in [-0.15, -0.1) is 0 Å². The lowest BCUT2D eigenvalue weighted by Gasteiger charge is -2.09. The van der Waals surface area contributed by atoms with Crippen molar-refractivity contribution in [1.82, 2.24) is 0 Å². The molecule has 0 atom stereocenters. The molecule has 22 heavy (non-hydrogen) atoms. The summed E-state index contributed by atoms with van der Waals surface area (Å²) in [4.78, 5) is 12.0. The molecule has 0 heterocycles. The standard InChI is InChI=1S/C19H18O3/c1-3-9-15-11-5-7-13-17(15)21-19(20)22-18-14-8-6-12-16(18)10-4-2/h3-14H,1-2H3. The molecule has 0 bridgehead atoms. The molecule has 0 fully saturated rings. The van der Waals surface area contributed by atoms with E-state index in [9.17, 15) is 4.79 Å². The highest BCUT2D eigenvalue weighted by molar-refractivity contribution is 5.72.